The second-order valence-electron chi connectivity index (χ2n) is 3.25. The van der Waals surface area contributed by atoms with Crippen LogP contribution in [-0.4, -0.2) is 11.3 Å². The molecular weight excluding hydrogens is 152 g/mol. The van der Waals surface area contributed by atoms with Crippen LogP contribution in [0, 0.1) is 0 Å². The molecule has 1 aliphatic rings. The van der Waals surface area contributed by atoms with Gasteiger partial charge in [-0.25, -0.2) is 0 Å². The van der Waals surface area contributed by atoms with Gasteiger partial charge in [-0.3, -0.25) is 9.78 Å². The summed E-state index contributed by atoms with van der Waals surface area (Å²) in [4.78, 5) is 14.6. The van der Waals surface area contributed by atoms with Crippen LogP contribution in [0.2, 0.25) is 0 Å². The molecule has 0 aliphatic heterocycles. The molecule has 1 saturated carbocycles. The van der Waals surface area contributed by atoms with Gasteiger partial charge in [0.05, 0.1) is 11.2 Å². The molecule has 3 nitrogen and oxygen atoms in total. The third-order valence-electron chi connectivity index (χ3n) is 2.22. The lowest BCUT2D eigenvalue weighted by atomic mass is 10.1. The Bertz CT molecular complexity index is 318. The fourth-order valence-electron chi connectivity index (χ4n) is 1.18. The van der Waals surface area contributed by atoms with Crippen molar-refractivity contribution < 1.29 is 4.79 Å². The lowest BCUT2D eigenvalue weighted by Crippen LogP contribution is -2.20. The Morgan fingerprint density at radius 3 is 2.92 bits per heavy atom. The van der Waals surface area contributed by atoms with Gasteiger partial charge in [-0.15, -0.1) is 0 Å². The van der Waals surface area contributed by atoms with Crippen LogP contribution >= 0.6 is 0 Å². The molecular formula is C9H10N2O. The van der Waals surface area contributed by atoms with E-state index >= 15 is 0 Å². The van der Waals surface area contributed by atoms with Crippen LogP contribution in [0.25, 0.3) is 0 Å². The summed E-state index contributed by atoms with van der Waals surface area (Å²) in [5, 5.41) is 0. The number of nitrogens with zero attached hydrogens (tertiary/aromatic N) is 1. The first-order chi connectivity index (χ1) is 5.74. The van der Waals surface area contributed by atoms with Crippen LogP contribution in [0.5, 0.6) is 0 Å². The standard InChI is InChI=1S/C9H10N2O/c10-9(2-3-9)8-5-7(6-12)1-4-11-8/h1,4-6H,2-3,10H2. The number of rotatable bonds is 2. The molecule has 1 aromatic heterocycles. The number of nitrogens with two attached hydrogens (primary N) is 1. The molecule has 12 heavy (non-hydrogen) atoms. The highest BCUT2D eigenvalue weighted by molar-refractivity contribution is 5.74. The third kappa shape index (κ3) is 1.12. The Balaban J connectivity index is 2.38. The van der Waals surface area contributed by atoms with E-state index in [4.69, 9.17) is 5.73 Å². The monoisotopic (exact) mass is 162 g/mol. The number of hydrogen-bond acceptors (Lipinski definition) is 3. The van der Waals surface area contributed by atoms with Gasteiger partial charge in [0.25, 0.3) is 0 Å². The lowest BCUT2D eigenvalue weighted by Gasteiger charge is -2.06. The molecule has 1 aliphatic carbocycles. The van der Waals surface area contributed by atoms with Gasteiger partial charge in [0.15, 0.2) is 0 Å². The first-order valence-corrected chi connectivity index (χ1v) is 3.95. The Morgan fingerprint density at radius 2 is 2.33 bits per heavy atom. The van der Waals surface area contributed by atoms with Crippen LogP contribution in [0.15, 0.2) is 18.3 Å². The van der Waals surface area contributed by atoms with E-state index in [2.05, 4.69) is 4.98 Å². The highest BCUT2D eigenvalue weighted by atomic mass is 16.1. The van der Waals surface area contributed by atoms with Crippen LogP contribution < -0.4 is 5.73 Å². The Morgan fingerprint density at radius 1 is 1.58 bits per heavy atom. The zero-order chi connectivity index (χ0) is 8.60. The van der Waals surface area contributed by atoms with Crippen molar-refractivity contribution >= 4 is 6.29 Å². The summed E-state index contributed by atoms with van der Waals surface area (Å²) >= 11 is 0. The lowest BCUT2D eigenvalue weighted by molar-refractivity contribution is 0.112. The summed E-state index contributed by atoms with van der Waals surface area (Å²) in [7, 11) is 0. The third-order valence-corrected chi connectivity index (χ3v) is 2.22. The Labute approximate surface area is 70.6 Å². The fourth-order valence-corrected chi connectivity index (χ4v) is 1.18. The molecule has 2 rings (SSSR count). The van der Waals surface area contributed by atoms with E-state index in [-0.39, 0.29) is 5.54 Å². The Hall–Kier alpha value is -1.22. The van der Waals surface area contributed by atoms with E-state index in [9.17, 15) is 4.79 Å². The quantitative estimate of drug-likeness (QED) is 0.655. The van der Waals surface area contributed by atoms with Gasteiger partial charge < -0.3 is 5.73 Å². The van der Waals surface area contributed by atoms with Gasteiger partial charge in [-0.05, 0) is 25.0 Å². The predicted molar refractivity (Wildman–Crippen MR) is 44.7 cm³/mol. The van der Waals surface area contributed by atoms with Crippen LogP contribution in [0.3, 0.4) is 0 Å². The summed E-state index contributed by atoms with van der Waals surface area (Å²) in [6, 6.07) is 3.45. The van der Waals surface area contributed by atoms with Crippen LogP contribution in [-0.2, 0) is 5.54 Å². The van der Waals surface area contributed by atoms with Crippen molar-refractivity contribution in [2.45, 2.75) is 18.4 Å². The van der Waals surface area contributed by atoms with E-state index in [0.29, 0.717) is 5.56 Å². The maximum atomic E-state index is 10.4. The molecule has 0 unspecified atom stereocenters. The summed E-state index contributed by atoms with van der Waals surface area (Å²) in [5.74, 6) is 0. The molecule has 0 atom stereocenters. The van der Waals surface area contributed by atoms with Gasteiger partial charge >= 0.3 is 0 Å². The van der Waals surface area contributed by atoms with E-state index < -0.39 is 0 Å². The van der Waals surface area contributed by atoms with E-state index in [1.54, 1.807) is 18.3 Å². The molecule has 0 radical (unpaired) electrons. The van der Waals surface area contributed by atoms with Crippen molar-refractivity contribution in [3.8, 4) is 0 Å². The number of aldehydes is 1. The van der Waals surface area contributed by atoms with Crippen LogP contribution in [0.1, 0.15) is 28.9 Å². The molecule has 2 N–H and O–H groups in total. The molecule has 1 aromatic rings. The molecule has 0 spiro atoms. The number of carbonyl (C=O) groups is 1. The Kier molecular flexibility index (Phi) is 1.48. The summed E-state index contributed by atoms with van der Waals surface area (Å²) in [6.45, 7) is 0. The van der Waals surface area contributed by atoms with Gasteiger partial charge in [0.2, 0.25) is 0 Å². The molecule has 3 heteroatoms. The van der Waals surface area contributed by atoms with Crippen molar-refractivity contribution in [3.63, 3.8) is 0 Å². The normalized spacial score (nSPS) is 18.8. The molecule has 62 valence electrons. The molecule has 0 bridgehead atoms. The summed E-state index contributed by atoms with van der Waals surface area (Å²) < 4.78 is 0. The number of hydrogen-bond donors (Lipinski definition) is 1. The fraction of sp³-hybridized carbons (Fsp3) is 0.333. The minimum absolute atomic E-state index is 0.237. The van der Waals surface area contributed by atoms with Crippen LogP contribution in [0.4, 0.5) is 0 Å². The van der Waals surface area contributed by atoms with E-state index in [1.165, 1.54) is 0 Å². The molecule has 1 heterocycles. The number of pyridine rings is 1. The zero-order valence-corrected chi connectivity index (χ0v) is 6.66. The second kappa shape index (κ2) is 2.38. The second-order valence-corrected chi connectivity index (χ2v) is 3.25. The summed E-state index contributed by atoms with van der Waals surface area (Å²) in [5.41, 5.74) is 7.17. The van der Waals surface area contributed by atoms with Gasteiger partial charge in [0, 0.05) is 11.8 Å². The van der Waals surface area contributed by atoms with E-state index in [0.717, 1.165) is 24.8 Å². The smallest absolute Gasteiger partial charge is 0.150 e. The van der Waals surface area contributed by atoms with Gasteiger partial charge in [-0.1, -0.05) is 0 Å². The first kappa shape index (κ1) is 7.43. The average molecular weight is 162 g/mol. The van der Waals surface area contributed by atoms with Crippen molar-refractivity contribution in [1.82, 2.24) is 4.98 Å². The average Bonchev–Trinajstić information content (AvgIpc) is 2.85. The highest BCUT2D eigenvalue weighted by Crippen LogP contribution is 2.41. The largest absolute Gasteiger partial charge is 0.320 e. The maximum absolute atomic E-state index is 10.4. The predicted octanol–water partition coefficient (Wildman–Crippen LogP) is 0.842. The minimum atomic E-state index is -0.237. The minimum Gasteiger partial charge on any atom is -0.320 e. The molecule has 0 aromatic carbocycles. The highest BCUT2D eigenvalue weighted by Gasteiger charge is 2.41. The SMILES string of the molecule is NC1(c2cc(C=O)ccn2)CC1. The van der Waals surface area contributed by atoms with Gasteiger partial charge in [-0.2, -0.15) is 0 Å². The van der Waals surface area contributed by atoms with Crippen molar-refractivity contribution in [2.24, 2.45) is 5.73 Å². The summed E-state index contributed by atoms with van der Waals surface area (Å²) in [6.07, 6.45) is 4.40. The maximum Gasteiger partial charge on any atom is 0.150 e. The van der Waals surface area contributed by atoms with Crippen molar-refractivity contribution in [2.75, 3.05) is 0 Å². The van der Waals surface area contributed by atoms with Crippen molar-refractivity contribution in [1.29, 1.82) is 0 Å². The van der Waals surface area contributed by atoms with Gasteiger partial charge in [0.1, 0.15) is 6.29 Å². The first-order valence-electron chi connectivity index (χ1n) is 3.95. The molecule has 0 saturated heterocycles. The topological polar surface area (TPSA) is 56.0 Å². The zero-order valence-electron chi connectivity index (χ0n) is 6.66. The number of aromatic nitrogens is 1. The molecule has 1 fully saturated rings. The number of carbonyl (C=O) groups excluding carboxylic acids is 1. The van der Waals surface area contributed by atoms with E-state index in [1.807, 2.05) is 0 Å². The van der Waals surface area contributed by atoms with Crippen molar-refractivity contribution in [3.05, 3.63) is 29.6 Å². The molecule has 0 amide bonds.